The molecule has 1 atom stereocenters. The number of nitrogens with one attached hydrogen (secondary N) is 2. The third kappa shape index (κ3) is 2.12. The SMILES string of the molecule is O=c1[nH]ccc2c(Br)cn(CCC3CCNC3)c12. The van der Waals surface area contributed by atoms with Crippen LogP contribution in [0, 0.1) is 5.92 Å². The van der Waals surface area contributed by atoms with E-state index in [2.05, 4.69) is 30.8 Å². The number of hydrogen-bond acceptors (Lipinski definition) is 2. The fourth-order valence-corrected chi connectivity index (χ4v) is 3.25. The first kappa shape index (κ1) is 12.0. The van der Waals surface area contributed by atoms with E-state index in [0.29, 0.717) is 0 Å². The Labute approximate surface area is 114 Å². The van der Waals surface area contributed by atoms with E-state index in [4.69, 9.17) is 0 Å². The Morgan fingerprint density at radius 2 is 2.39 bits per heavy atom. The van der Waals surface area contributed by atoms with Gasteiger partial charge in [0.05, 0.1) is 0 Å². The van der Waals surface area contributed by atoms with E-state index >= 15 is 0 Å². The van der Waals surface area contributed by atoms with Crippen molar-refractivity contribution in [3.05, 3.63) is 33.3 Å². The van der Waals surface area contributed by atoms with Crippen molar-refractivity contribution >= 4 is 26.8 Å². The maximum absolute atomic E-state index is 11.9. The summed E-state index contributed by atoms with van der Waals surface area (Å²) in [5.74, 6) is 0.740. The van der Waals surface area contributed by atoms with Crippen molar-refractivity contribution in [3.8, 4) is 0 Å². The number of rotatable bonds is 3. The fraction of sp³-hybridized carbons (Fsp3) is 0.462. The molecule has 2 aromatic heterocycles. The molecule has 0 saturated carbocycles. The lowest BCUT2D eigenvalue weighted by Crippen LogP contribution is -2.13. The molecule has 96 valence electrons. The smallest absolute Gasteiger partial charge is 0.272 e. The summed E-state index contributed by atoms with van der Waals surface area (Å²) >= 11 is 3.52. The second-order valence-corrected chi connectivity index (χ2v) is 5.74. The maximum atomic E-state index is 11.9. The van der Waals surface area contributed by atoms with E-state index in [0.717, 1.165) is 47.3 Å². The lowest BCUT2D eigenvalue weighted by molar-refractivity contribution is 0.485. The summed E-state index contributed by atoms with van der Waals surface area (Å²) in [7, 11) is 0. The third-order valence-electron chi connectivity index (χ3n) is 3.69. The van der Waals surface area contributed by atoms with Crippen LogP contribution in [0.1, 0.15) is 12.8 Å². The zero-order valence-corrected chi connectivity index (χ0v) is 11.7. The van der Waals surface area contributed by atoms with Gasteiger partial charge in [0, 0.05) is 28.8 Å². The van der Waals surface area contributed by atoms with Gasteiger partial charge in [-0.05, 0) is 53.8 Å². The van der Waals surface area contributed by atoms with E-state index in [-0.39, 0.29) is 5.56 Å². The third-order valence-corrected chi connectivity index (χ3v) is 4.32. The van der Waals surface area contributed by atoms with Gasteiger partial charge in [0.25, 0.3) is 5.56 Å². The lowest BCUT2D eigenvalue weighted by atomic mass is 10.1. The van der Waals surface area contributed by atoms with Crippen molar-refractivity contribution < 1.29 is 0 Å². The van der Waals surface area contributed by atoms with Crippen LogP contribution in [0.25, 0.3) is 10.9 Å². The molecule has 0 radical (unpaired) electrons. The van der Waals surface area contributed by atoms with E-state index in [1.807, 2.05) is 12.3 Å². The highest BCUT2D eigenvalue weighted by Gasteiger charge is 2.15. The summed E-state index contributed by atoms with van der Waals surface area (Å²) < 4.78 is 3.06. The highest BCUT2D eigenvalue weighted by Crippen LogP contribution is 2.24. The van der Waals surface area contributed by atoms with Crippen LogP contribution < -0.4 is 10.9 Å². The van der Waals surface area contributed by atoms with Gasteiger partial charge in [-0.15, -0.1) is 0 Å². The molecular formula is C13H16BrN3O. The largest absolute Gasteiger partial charge is 0.342 e. The fourth-order valence-electron chi connectivity index (χ4n) is 2.68. The van der Waals surface area contributed by atoms with Crippen LogP contribution in [0.15, 0.2) is 27.7 Å². The normalized spacial score (nSPS) is 19.7. The second-order valence-electron chi connectivity index (χ2n) is 4.89. The minimum Gasteiger partial charge on any atom is -0.342 e. The molecule has 18 heavy (non-hydrogen) atoms. The van der Waals surface area contributed by atoms with Crippen LogP contribution in [0.3, 0.4) is 0 Å². The second kappa shape index (κ2) is 4.90. The van der Waals surface area contributed by atoms with Gasteiger partial charge in [0.2, 0.25) is 0 Å². The van der Waals surface area contributed by atoms with Crippen molar-refractivity contribution in [1.29, 1.82) is 0 Å². The first-order chi connectivity index (χ1) is 8.75. The highest BCUT2D eigenvalue weighted by atomic mass is 79.9. The monoisotopic (exact) mass is 309 g/mol. The Bertz CT molecular complexity index is 610. The first-order valence-electron chi connectivity index (χ1n) is 6.32. The maximum Gasteiger partial charge on any atom is 0.272 e. The molecule has 0 aromatic carbocycles. The molecule has 1 fully saturated rings. The Morgan fingerprint density at radius 3 is 3.17 bits per heavy atom. The summed E-state index contributed by atoms with van der Waals surface area (Å²) in [5.41, 5.74) is 0.762. The number of aromatic nitrogens is 2. The minimum atomic E-state index is -0.0113. The molecule has 1 unspecified atom stereocenters. The summed E-state index contributed by atoms with van der Waals surface area (Å²) in [6, 6.07) is 1.94. The van der Waals surface area contributed by atoms with Gasteiger partial charge >= 0.3 is 0 Å². The van der Waals surface area contributed by atoms with Crippen LogP contribution in [-0.4, -0.2) is 22.6 Å². The van der Waals surface area contributed by atoms with Gasteiger partial charge in [-0.2, -0.15) is 0 Å². The van der Waals surface area contributed by atoms with Crippen LogP contribution in [0.4, 0.5) is 0 Å². The van der Waals surface area contributed by atoms with Gasteiger partial charge in [0.15, 0.2) is 0 Å². The summed E-state index contributed by atoms with van der Waals surface area (Å²) in [6.45, 7) is 3.14. The van der Waals surface area contributed by atoms with Gasteiger partial charge in [-0.1, -0.05) is 0 Å². The van der Waals surface area contributed by atoms with E-state index < -0.39 is 0 Å². The predicted octanol–water partition coefficient (Wildman–Crippen LogP) is 2.09. The van der Waals surface area contributed by atoms with Crippen LogP contribution in [0.5, 0.6) is 0 Å². The van der Waals surface area contributed by atoms with Gasteiger partial charge in [-0.25, -0.2) is 0 Å². The van der Waals surface area contributed by atoms with E-state index in [9.17, 15) is 4.79 Å². The molecule has 1 saturated heterocycles. The number of halogens is 1. The molecular weight excluding hydrogens is 294 g/mol. The Hall–Kier alpha value is -1.07. The average Bonchev–Trinajstić information content (AvgIpc) is 2.96. The van der Waals surface area contributed by atoms with Crippen LogP contribution in [-0.2, 0) is 6.54 Å². The zero-order valence-electron chi connectivity index (χ0n) is 10.1. The molecule has 3 rings (SSSR count). The molecule has 4 nitrogen and oxygen atoms in total. The molecule has 0 amide bonds. The topological polar surface area (TPSA) is 49.8 Å². The van der Waals surface area contributed by atoms with Crippen molar-refractivity contribution in [3.63, 3.8) is 0 Å². The standard InChI is InChI=1S/C13H16BrN3O/c14-11-8-17(6-3-9-1-4-15-7-9)12-10(11)2-5-16-13(12)18/h2,5,8-9,15H,1,3-4,6-7H2,(H,16,18). The summed E-state index contributed by atoms with van der Waals surface area (Å²) in [6.07, 6.45) is 6.08. The Balaban J connectivity index is 1.89. The number of hydrogen-bond donors (Lipinski definition) is 2. The molecule has 0 aliphatic carbocycles. The number of pyridine rings is 1. The highest BCUT2D eigenvalue weighted by molar-refractivity contribution is 9.10. The van der Waals surface area contributed by atoms with E-state index in [1.54, 1.807) is 6.20 Å². The molecule has 1 aliphatic rings. The summed E-state index contributed by atoms with van der Waals surface area (Å²) in [5, 5.41) is 4.37. The average molecular weight is 310 g/mol. The van der Waals surface area contributed by atoms with Crippen molar-refractivity contribution in [2.75, 3.05) is 13.1 Å². The Morgan fingerprint density at radius 1 is 1.50 bits per heavy atom. The molecule has 3 heterocycles. The van der Waals surface area contributed by atoms with Gasteiger partial charge < -0.3 is 14.9 Å². The quantitative estimate of drug-likeness (QED) is 0.912. The number of fused-ring (bicyclic) bond motifs is 1. The van der Waals surface area contributed by atoms with Gasteiger partial charge in [0.1, 0.15) is 5.52 Å². The predicted molar refractivity (Wildman–Crippen MR) is 75.9 cm³/mol. The van der Waals surface area contributed by atoms with Crippen molar-refractivity contribution in [1.82, 2.24) is 14.9 Å². The van der Waals surface area contributed by atoms with Crippen LogP contribution in [0.2, 0.25) is 0 Å². The number of aryl methyl sites for hydroxylation is 1. The molecule has 0 spiro atoms. The number of H-pyrrole nitrogens is 1. The van der Waals surface area contributed by atoms with Crippen molar-refractivity contribution in [2.24, 2.45) is 5.92 Å². The molecule has 1 aliphatic heterocycles. The zero-order chi connectivity index (χ0) is 12.5. The number of aromatic amines is 1. The Kier molecular flexibility index (Phi) is 3.26. The minimum absolute atomic E-state index is 0.0113. The van der Waals surface area contributed by atoms with Gasteiger partial charge in [-0.3, -0.25) is 4.79 Å². The molecule has 2 N–H and O–H groups in total. The molecule has 2 aromatic rings. The molecule has 0 bridgehead atoms. The van der Waals surface area contributed by atoms with E-state index in [1.165, 1.54) is 6.42 Å². The first-order valence-corrected chi connectivity index (χ1v) is 7.12. The van der Waals surface area contributed by atoms with Crippen molar-refractivity contribution in [2.45, 2.75) is 19.4 Å². The molecule has 5 heteroatoms. The van der Waals surface area contributed by atoms with Crippen LogP contribution >= 0.6 is 15.9 Å². The lowest BCUT2D eigenvalue weighted by Gasteiger charge is -2.09. The summed E-state index contributed by atoms with van der Waals surface area (Å²) in [4.78, 5) is 14.6. The number of nitrogens with zero attached hydrogens (tertiary/aromatic N) is 1.